The minimum Gasteiger partial charge on any atom is -0.369 e. The van der Waals surface area contributed by atoms with Gasteiger partial charge in [-0.2, -0.15) is 0 Å². The van der Waals surface area contributed by atoms with Crippen molar-refractivity contribution in [2.24, 2.45) is 0 Å². The van der Waals surface area contributed by atoms with Crippen LogP contribution in [0.15, 0.2) is 6.07 Å². The van der Waals surface area contributed by atoms with Crippen molar-refractivity contribution in [3.8, 4) is 0 Å². The summed E-state index contributed by atoms with van der Waals surface area (Å²) in [6.45, 7) is 9.14. The van der Waals surface area contributed by atoms with Gasteiger partial charge in [0.05, 0.1) is 10.0 Å². The van der Waals surface area contributed by atoms with Gasteiger partial charge in [-0.1, -0.05) is 23.2 Å². The number of aromatic nitrogens is 1. The molecule has 2 N–H and O–H groups in total. The lowest BCUT2D eigenvalue weighted by Gasteiger charge is -2.20. The third-order valence-corrected chi connectivity index (χ3v) is 3.96. The molecule has 4 nitrogen and oxygen atoms in total. The second-order valence-electron chi connectivity index (χ2n) is 5.39. The van der Waals surface area contributed by atoms with E-state index in [0.717, 1.165) is 32.5 Å². The molecule has 0 amide bonds. The summed E-state index contributed by atoms with van der Waals surface area (Å²) in [5, 5.41) is 7.51. The fourth-order valence-electron chi connectivity index (χ4n) is 1.83. The monoisotopic (exact) mass is 332 g/mol. The van der Waals surface area contributed by atoms with Gasteiger partial charge in [-0.3, -0.25) is 0 Å². The summed E-state index contributed by atoms with van der Waals surface area (Å²) in [5.74, 6) is 1.36. The molecule has 120 valence electrons. The summed E-state index contributed by atoms with van der Waals surface area (Å²) in [5.41, 5.74) is 0. The first kappa shape index (κ1) is 18.3. The quantitative estimate of drug-likeness (QED) is 0.659. The van der Waals surface area contributed by atoms with E-state index in [1.165, 1.54) is 0 Å². The fourth-order valence-corrected chi connectivity index (χ4v) is 2.33. The summed E-state index contributed by atoms with van der Waals surface area (Å²) in [6.07, 6.45) is 2.22. The van der Waals surface area contributed by atoms with E-state index in [1.54, 1.807) is 6.07 Å². The number of pyridine rings is 1. The maximum absolute atomic E-state index is 6.16. The maximum Gasteiger partial charge on any atom is 0.147 e. The molecule has 0 atom stereocenters. The molecule has 0 aromatic carbocycles. The number of hydrogen-bond acceptors (Lipinski definition) is 4. The van der Waals surface area contributed by atoms with Crippen LogP contribution in [-0.2, 0) is 0 Å². The molecular weight excluding hydrogens is 307 g/mol. The zero-order chi connectivity index (χ0) is 15.8. The number of anilines is 2. The van der Waals surface area contributed by atoms with Gasteiger partial charge in [0.2, 0.25) is 0 Å². The first-order valence-corrected chi connectivity index (χ1v) is 8.25. The molecule has 0 fully saturated rings. The van der Waals surface area contributed by atoms with Gasteiger partial charge in [0, 0.05) is 19.1 Å². The van der Waals surface area contributed by atoms with Crippen LogP contribution in [0, 0.1) is 0 Å². The van der Waals surface area contributed by atoms with Gasteiger partial charge >= 0.3 is 0 Å². The van der Waals surface area contributed by atoms with Crippen LogP contribution in [0.4, 0.5) is 11.6 Å². The van der Waals surface area contributed by atoms with E-state index in [0.29, 0.717) is 27.7 Å². The molecule has 6 heteroatoms. The highest BCUT2D eigenvalue weighted by atomic mass is 35.5. The van der Waals surface area contributed by atoms with Crippen molar-refractivity contribution in [3.05, 3.63) is 16.1 Å². The van der Waals surface area contributed by atoms with Gasteiger partial charge in [-0.25, -0.2) is 4.98 Å². The Labute approximate surface area is 138 Å². The van der Waals surface area contributed by atoms with E-state index >= 15 is 0 Å². The van der Waals surface area contributed by atoms with E-state index in [4.69, 9.17) is 23.2 Å². The Balaban J connectivity index is 2.43. The van der Waals surface area contributed by atoms with E-state index in [9.17, 15) is 0 Å². The third-order valence-electron chi connectivity index (χ3n) is 3.39. The minimum absolute atomic E-state index is 0.547. The zero-order valence-electron chi connectivity index (χ0n) is 13.3. The highest BCUT2D eigenvalue weighted by Crippen LogP contribution is 2.29. The number of nitrogens with one attached hydrogen (secondary N) is 2. The van der Waals surface area contributed by atoms with Crippen molar-refractivity contribution in [3.63, 3.8) is 0 Å². The van der Waals surface area contributed by atoms with Crippen molar-refractivity contribution in [1.82, 2.24) is 9.88 Å². The molecular formula is C15H26Cl2N4. The molecule has 0 spiro atoms. The first-order valence-electron chi connectivity index (χ1n) is 7.49. The minimum atomic E-state index is 0.547. The lowest BCUT2D eigenvalue weighted by molar-refractivity contribution is 0.269. The van der Waals surface area contributed by atoms with E-state index < -0.39 is 0 Å². The van der Waals surface area contributed by atoms with Crippen LogP contribution < -0.4 is 10.6 Å². The van der Waals surface area contributed by atoms with Gasteiger partial charge in [0.1, 0.15) is 11.6 Å². The molecule has 0 unspecified atom stereocenters. The van der Waals surface area contributed by atoms with Crippen molar-refractivity contribution in [2.75, 3.05) is 37.3 Å². The highest BCUT2D eigenvalue weighted by molar-refractivity contribution is 6.37. The lowest BCUT2D eigenvalue weighted by Crippen LogP contribution is -2.27. The molecule has 1 aromatic rings. The Morgan fingerprint density at radius 3 is 2.33 bits per heavy atom. The molecule has 21 heavy (non-hydrogen) atoms. The van der Waals surface area contributed by atoms with E-state index in [1.807, 2.05) is 6.92 Å². The fraction of sp³-hybridized carbons (Fsp3) is 0.667. The largest absolute Gasteiger partial charge is 0.369 e. The van der Waals surface area contributed by atoms with Crippen LogP contribution >= 0.6 is 23.2 Å². The van der Waals surface area contributed by atoms with Gasteiger partial charge < -0.3 is 15.5 Å². The van der Waals surface area contributed by atoms with Gasteiger partial charge in [0.15, 0.2) is 0 Å². The molecule has 0 saturated heterocycles. The Hall–Kier alpha value is -0.710. The van der Waals surface area contributed by atoms with Crippen molar-refractivity contribution < 1.29 is 0 Å². The first-order chi connectivity index (χ1) is 9.95. The Morgan fingerprint density at radius 2 is 1.76 bits per heavy atom. The van der Waals surface area contributed by atoms with Crippen LogP contribution in [-0.4, -0.2) is 42.6 Å². The van der Waals surface area contributed by atoms with Gasteiger partial charge in [-0.15, -0.1) is 0 Å². The van der Waals surface area contributed by atoms with Gasteiger partial charge in [0.25, 0.3) is 0 Å². The number of unbranched alkanes of at least 4 members (excludes halogenated alkanes) is 1. The number of hydrogen-bond donors (Lipinski definition) is 2. The normalized spacial score (nSPS) is 11.2. The molecule has 0 saturated carbocycles. The molecule has 1 aromatic heterocycles. The number of rotatable bonds is 9. The number of halogens is 2. The number of nitrogens with zero attached hydrogens (tertiary/aromatic N) is 2. The van der Waals surface area contributed by atoms with Crippen LogP contribution in [0.2, 0.25) is 10.0 Å². The second kappa shape index (κ2) is 9.34. The summed E-state index contributed by atoms with van der Waals surface area (Å²) in [4.78, 5) is 6.77. The van der Waals surface area contributed by atoms with Crippen LogP contribution in [0.1, 0.15) is 33.6 Å². The Kier molecular flexibility index (Phi) is 8.15. The predicted octanol–water partition coefficient (Wildman–Crippen LogP) is 4.35. The van der Waals surface area contributed by atoms with Crippen molar-refractivity contribution >= 4 is 34.8 Å². The summed E-state index contributed by atoms with van der Waals surface area (Å²) in [6, 6.07) is 2.32. The zero-order valence-corrected chi connectivity index (χ0v) is 14.9. The highest BCUT2D eigenvalue weighted by Gasteiger charge is 2.08. The maximum atomic E-state index is 6.16. The topological polar surface area (TPSA) is 40.2 Å². The molecule has 0 bridgehead atoms. The summed E-state index contributed by atoms with van der Waals surface area (Å²) in [7, 11) is 2.15. The van der Waals surface area contributed by atoms with E-state index in [2.05, 4.69) is 41.4 Å². The van der Waals surface area contributed by atoms with E-state index in [-0.39, 0.29) is 0 Å². The molecule has 1 rings (SSSR count). The molecule has 0 radical (unpaired) electrons. The average molecular weight is 333 g/mol. The van der Waals surface area contributed by atoms with Crippen LogP contribution in [0.25, 0.3) is 0 Å². The van der Waals surface area contributed by atoms with Crippen molar-refractivity contribution in [2.45, 2.75) is 39.7 Å². The standard InChI is InChI=1S/C15H26Cl2N4/c1-5-18-14-12(16)10-13(17)15(20-14)19-8-6-7-9-21(4)11(2)3/h10-11H,5-9H2,1-4H3,(H2,18,19,20). The van der Waals surface area contributed by atoms with Crippen molar-refractivity contribution in [1.29, 1.82) is 0 Å². The SMILES string of the molecule is CCNc1nc(NCCCCN(C)C(C)C)c(Cl)cc1Cl. The second-order valence-corrected chi connectivity index (χ2v) is 6.20. The smallest absolute Gasteiger partial charge is 0.147 e. The van der Waals surface area contributed by atoms with Gasteiger partial charge in [-0.05, 0) is 53.3 Å². The summed E-state index contributed by atoms with van der Waals surface area (Å²) >= 11 is 12.2. The summed E-state index contributed by atoms with van der Waals surface area (Å²) < 4.78 is 0. The predicted molar refractivity (Wildman–Crippen MR) is 93.9 cm³/mol. The molecule has 0 aliphatic carbocycles. The molecule has 1 heterocycles. The van der Waals surface area contributed by atoms with Crippen LogP contribution in [0.5, 0.6) is 0 Å². The van der Waals surface area contributed by atoms with Crippen LogP contribution in [0.3, 0.4) is 0 Å². The third kappa shape index (κ3) is 6.29. The lowest BCUT2D eigenvalue weighted by atomic mass is 10.2. The Morgan fingerprint density at radius 1 is 1.14 bits per heavy atom. The average Bonchev–Trinajstić information content (AvgIpc) is 2.42. The Bertz CT molecular complexity index is 438. The molecule has 0 aliphatic rings. The molecule has 0 aliphatic heterocycles.